The van der Waals surface area contributed by atoms with Gasteiger partial charge in [0.25, 0.3) is 0 Å². The molecule has 0 aliphatic heterocycles. The van der Waals surface area contributed by atoms with Gasteiger partial charge >= 0.3 is 6.03 Å². The predicted molar refractivity (Wildman–Crippen MR) is 105 cm³/mol. The van der Waals surface area contributed by atoms with Crippen molar-refractivity contribution < 1.29 is 13.9 Å². The van der Waals surface area contributed by atoms with E-state index in [-0.39, 0.29) is 18.5 Å². The van der Waals surface area contributed by atoms with Gasteiger partial charge in [0.15, 0.2) is 0 Å². The van der Waals surface area contributed by atoms with Crippen LogP contribution in [0.2, 0.25) is 0 Å². The fourth-order valence-electron chi connectivity index (χ4n) is 2.29. The number of urea groups is 1. The molecule has 7 heteroatoms. The highest BCUT2D eigenvalue weighted by Crippen LogP contribution is 2.26. The third kappa shape index (κ3) is 5.79. The van der Waals surface area contributed by atoms with E-state index in [1.54, 1.807) is 30.6 Å². The van der Waals surface area contributed by atoms with Crippen LogP contribution in [0.1, 0.15) is 11.1 Å². The topological polar surface area (TPSA) is 63.2 Å². The molecule has 0 unspecified atom stereocenters. The standard InChI is InChI=1S/C20H17BrFN3O2/c21-18-8-5-16(22)10-19(18)27-13-14-3-6-17(7-4-14)25-20(26)24-12-15-2-1-9-23-11-15/h1-11H,12-13H2,(H2,24,25,26). The molecule has 0 atom stereocenters. The highest BCUT2D eigenvalue weighted by Gasteiger charge is 2.05. The van der Waals surface area contributed by atoms with Crippen molar-refractivity contribution in [3.63, 3.8) is 0 Å². The van der Waals surface area contributed by atoms with Gasteiger partial charge < -0.3 is 15.4 Å². The molecule has 0 aliphatic rings. The number of rotatable bonds is 6. The van der Waals surface area contributed by atoms with Crippen LogP contribution in [-0.4, -0.2) is 11.0 Å². The molecule has 27 heavy (non-hydrogen) atoms. The largest absolute Gasteiger partial charge is 0.488 e. The molecule has 2 N–H and O–H groups in total. The Kier molecular flexibility index (Phi) is 6.38. The van der Waals surface area contributed by atoms with Crippen LogP contribution in [0.15, 0.2) is 71.5 Å². The number of amides is 2. The van der Waals surface area contributed by atoms with Crippen molar-refractivity contribution in [1.82, 2.24) is 10.3 Å². The van der Waals surface area contributed by atoms with Crippen molar-refractivity contribution in [2.24, 2.45) is 0 Å². The number of anilines is 1. The first-order chi connectivity index (χ1) is 13.1. The zero-order chi connectivity index (χ0) is 19.1. The third-order valence-electron chi connectivity index (χ3n) is 3.68. The number of nitrogens with zero attached hydrogens (tertiary/aromatic N) is 1. The molecule has 0 saturated heterocycles. The van der Waals surface area contributed by atoms with Gasteiger partial charge in [0, 0.05) is 30.7 Å². The molecule has 1 heterocycles. The highest BCUT2D eigenvalue weighted by molar-refractivity contribution is 9.10. The number of carbonyl (C=O) groups is 1. The zero-order valence-corrected chi connectivity index (χ0v) is 15.9. The quantitative estimate of drug-likeness (QED) is 0.586. The smallest absolute Gasteiger partial charge is 0.319 e. The Morgan fingerprint density at radius 3 is 2.67 bits per heavy atom. The lowest BCUT2D eigenvalue weighted by Gasteiger charge is -2.10. The van der Waals surface area contributed by atoms with Gasteiger partial charge in [-0.15, -0.1) is 0 Å². The molecule has 0 spiro atoms. The maximum Gasteiger partial charge on any atom is 0.319 e. The Balaban J connectivity index is 1.49. The lowest BCUT2D eigenvalue weighted by atomic mass is 10.2. The lowest BCUT2D eigenvalue weighted by Crippen LogP contribution is -2.28. The number of benzene rings is 2. The Hall–Kier alpha value is -2.93. The van der Waals surface area contributed by atoms with E-state index in [1.807, 2.05) is 24.3 Å². The Morgan fingerprint density at radius 2 is 1.93 bits per heavy atom. The minimum Gasteiger partial charge on any atom is -0.488 e. The van der Waals surface area contributed by atoms with E-state index in [0.29, 0.717) is 22.5 Å². The number of pyridine rings is 1. The summed E-state index contributed by atoms with van der Waals surface area (Å²) in [6.45, 7) is 0.684. The van der Waals surface area contributed by atoms with Gasteiger partial charge in [0.2, 0.25) is 0 Å². The maximum absolute atomic E-state index is 13.3. The van der Waals surface area contributed by atoms with E-state index in [2.05, 4.69) is 31.5 Å². The predicted octanol–water partition coefficient (Wildman–Crippen LogP) is 4.88. The summed E-state index contributed by atoms with van der Waals surface area (Å²) in [7, 11) is 0. The van der Waals surface area contributed by atoms with Gasteiger partial charge in [-0.1, -0.05) is 18.2 Å². The molecule has 0 bridgehead atoms. The van der Waals surface area contributed by atoms with Crippen molar-refractivity contribution in [1.29, 1.82) is 0 Å². The summed E-state index contributed by atoms with van der Waals surface area (Å²) in [5.74, 6) is 0.0806. The van der Waals surface area contributed by atoms with Crippen LogP contribution in [0.25, 0.3) is 0 Å². The Morgan fingerprint density at radius 1 is 1.11 bits per heavy atom. The highest BCUT2D eigenvalue weighted by atomic mass is 79.9. The maximum atomic E-state index is 13.3. The van der Waals surface area contributed by atoms with Crippen molar-refractivity contribution in [3.05, 3.63) is 88.4 Å². The molecule has 1 aromatic heterocycles. The van der Waals surface area contributed by atoms with Gasteiger partial charge in [-0.2, -0.15) is 0 Å². The molecular weight excluding hydrogens is 413 g/mol. The average molecular weight is 430 g/mol. The summed E-state index contributed by atoms with van der Waals surface area (Å²) in [4.78, 5) is 15.9. The first-order valence-electron chi connectivity index (χ1n) is 8.21. The van der Waals surface area contributed by atoms with E-state index in [1.165, 1.54) is 12.1 Å². The minimum absolute atomic E-state index is 0.287. The molecule has 0 aliphatic carbocycles. The van der Waals surface area contributed by atoms with Gasteiger partial charge in [0.05, 0.1) is 4.47 Å². The van der Waals surface area contributed by atoms with Crippen molar-refractivity contribution in [2.45, 2.75) is 13.2 Å². The van der Waals surface area contributed by atoms with Gasteiger partial charge in [-0.25, -0.2) is 9.18 Å². The van der Waals surface area contributed by atoms with E-state index < -0.39 is 0 Å². The van der Waals surface area contributed by atoms with Crippen LogP contribution in [0.3, 0.4) is 0 Å². The second-order valence-electron chi connectivity index (χ2n) is 5.73. The Bertz CT molecular complexity index is 905. The lowest BCUT2D eigenvalue weighted by molar-refractivity contribution is 0.251. The number of hydrogen-bond donors (Lipinski definition) is 2. The zero-order valence-electron chi connectivity index (χ0n) is 14.3. The van der Waals surface area contributed by atoms with Crippen LogP contribution in [-0.2, 0) is 13.2 Å². The van der Waals surface area contributed by atoms with Crippen molar-refractivity contribution >= 4 is 27.6 Å². The van der Waals surface area contributed by atoms with Gasteiger partial charge in [-0.3, -0.25) is 4.98 Å². The summed E-state index contributed by atoms with van der Waals surface area (Å²) in [6, 6.07) is 14.9. The number of ether oxygens (including phenoxy) is 1. The Labute approximate surface area is 164 Å². The fraction of sp³-hybridized carbons (Fsp3) is 0.100. The average Bonchev–Trinajstić information content (AvgIpc) is 2.69. The summed E-state index contributed by atoms with van der Waals surface area (Å²) < 4.78 is 19.6. The number of aromatic nitrogens is 1. The van der Waals surface area contributed by atoms with E-state index in [0.717, 1.165) is 11.1 Å². The van der Waals surface area contributed by atoms with E-state index >= 15 is 0 Å². The van der Waals surface area contributed by atoms with Crippen LogP contribution in [0, 0.1) is 5.82 Å². The summed E-state index contributed by atoms with van der Waals surface area (Å²) in [5, 5.41) is 5.53. The molecule has 0 saturated carbocycles. The number of carbonyl (C=O) groups excluding carboxylic acids is 1. The van der Waals surface area contributed by atoms with Gasteiger partial charge in [0.1, 0.15) is 18.2 Å². The van der Waals surface area contributed by atoms with Crippen LogP contribution >= 0.6 is 15.9 Å². The second-order valence-corrected chi connectivity index (χ2v) is 6.58. The monoisotopic (exact) mass is 429 g/mol. The van der Waals surface area contributed by atoms with Crippen LogP contribution < -0.4 is 15.4 Å². The first kappa shape index (κ1) is 18.8. The number of hydrogen-bond acceptors (Lipinski definition) is 3. The van der Waals surface area contributed by atoms with Crippen molar-refractivity contribution in [2.75, 3.05) is 5.32 Å². The minimum atomic E-state index is -0.356. The molecule has 0 fully saturated rings. The molecule has 2 amide bonds. The van der Waals surface area contributed by atoms with Crippen LogP contribution in [0.5, 0.6) is 5.75 Å². The molecule has 2 aromatic carbocycles. The fourth-order valence-corrected chi connectivity index (χ4v) is 2.65. The number of halogens is 2. The summed E-state index contributed by atoms with van der Waals surface area (Å²) in [6.07, 6.45) is 3.38. The van der Waals surface area contributed by atoms with Crippen LogP contribution in [0.4, 0.5) is 14.9 Å². The number of nitrogens with one attached hydrogen (secondary N) is 2. The first-order valence-corrected chi connectivity index (χ1v) is 9.00. The van der Waals surface area contributed by atoms with E-state index in [9.17, 15) is 9.18 Å². The molecule has 3 aromatic rings. The molecular formula is C20H17BrFN3O2. The van der Waals surface area contributed by atoms with Crippen molar-refractivity contribution in [3.8, 4) is 5.75 Å². The molecule has 5 nitrogen and oxygen atoms in total. The summed E-state index contributed by atoms with van der Waals surface area (Å²) >= 11 is 3.32. The summed E-state index contributed by atoms with van der Waals surface area (Å²) in [5.41, 5.74) is 2.48. The SMILES string of the molecule is O=C(NCc1cccnc1)Nc1ccc(COc2cc(F)ccc2Br)cc1. The van der Waals surface area contributed by atoms with Gasteiger partial charge in [-0.05, 0) is 57.4 Å². The second kappa shape index (κ2) is 9.14. The van der Waals surface area contributed by atoms with E-state index in [4.69, 9.17) is 4.74 Å². The molecule has 3 rings (SSSR count). The molecule has 0 radical (unpaired) electrons. The normalized spacial score (nSPS) is 10.3. The third-order valence-corrected chi connectivity index (χ3v) is 4.33. The molecule has 138 valence electrons.